The molecule has 1 heterocycles. The average molecular weight is 363 g/mol. The molecule has 0 spiro atoms. The fourth-order valence-corrected chi connectivity index (χ4v) is 2.97. The van der Waals surface area contributed by atoms with Crippen LogP contribution in [0, 0.1) is 0 Å². The monoisotopic (exact) mass is 362 g/mol. The summed E-state index contributed by atoms with van der Waals surface area (Å²) in [6.07, 6.45) is 0. The first-order valence-corrected chi connectivity index (χ1v) is 7.80. The molecular weight excluding hydrogens is 348 g/mol. The number of amides is 2. The number of nitrogens with zero attached hydrogens (tertiary/aromatic N) is 1. The van der Waals surface area contributed by atoms with Gasteiger partial charge in [0.05, 0.1) is 12.7 Å². The highest BCUT2D eigenvalue weighted by Crippen LogP contribution is 2.40. The van der Waals surface area contributed by atoms with E-state index in [1.165, 1.54) is 25.3 Å². The Kier molecular flexibility index (Phi) is 4.41. The summed E-state index contributed by atoms with van der Waals surface area (Å²) in [7, 11) is 1.40. The molecule has 1 saturated heterocycles. The zero-order chi connectivity index (χ0) is 18.1. The minimum absolute atomic E-state index is 0.0374. The van der Waals surface area contributed by atoms with Crippen molar-refractivity contribution in [2.24, 2.45) is 0 Å². The van der Waals surface area contributed by atoms with Crippen LogP contribution in [0.2, 0.25) is 0 Å². The normalized spacial score (nSPS) is 19.3. The number of β-lactam (4-membered cyclic amide) rings is 1. The predicted octanol–water partition coefficient (Wildman–Crippen LogP) is 1.94. The van der Waals surface area contributed by atoms with Crippen LogP contribution in [-0.2, 0) is 4.79 Å². The maximum atomic E-state index is 12.3. The number of carbonyl (C=O) groups is 2. The van der Waals surface area contributed by atoms with E-state index in [2.05, 4.69) is 5.43 Å². The molecule has 0 saturated carbocycles. The van der Waals surface area contributed by atoms with Gasteiger partial charge in [0.2, 0.25) is 0 Å². The molecule has 2 aromatic rings. The van der Waals surface area contributed by atoms with Gasteiger partial charge in [0, 0.05) is 0 Å². The lowest BCUT2D eigenvalue weighted by Crippen LogP contribution is -2.63. The Bertz CT molecular complexity index is 842. The smallest absolute Gasteiger partial charge is 0.273 e. The molecule has 3 rings (SSSR count). The first kappa shape index (κ1) is 16.9. The van der Waals surface area contributed by atoms with E-state index in [-0.39, 0.29) is 22.8 Å². The Balaban J connectivity index is 1.84. The molecule has 0 aliphatic carbocycles. The molecule has 130 valence electrons. The van der Waals surface area contributed by atoms with Crippen molar-refractivity contribution in [1.82, 2.24) is 10.4 Å². The maximum Gasteiger partial charge on any atom is 0.273 e. The van der Waals surface area contributed by atoms with Crippen molar-refractivity contribution in [3.63, 3.8) is 0 Å². The first-order chi connectivity index (χ1) is 11.9. The fraction of sp³-hybridized carbons (Fsp3) is 0.176. The lowest BCUT2D eigenvalue weighted by atomic mass is 9.95. The molecular formula is C17H15ClN2O5. The molecule has 2 amide bonds. The molecule has 7 nitrogen and oxygen atoms in total. The van der Waals surface area contributed by atoms with E-state index in [9.17, 15) is 19.8 Å². The van der Waals surface area contributed by atoms with Crippen LogP contribution in [0.4, 0.5) is 0 Å². The van der Waals surface area contributed by atoms with Gasteiger partial charge in [0.25, 0.3) is 11.8 Å². The molecule has 1 aliphatic rings. The van der Waals surface area contributed by atoms with Gasteiger partial charge in [-0.3, -0.25) is 15.0 Å². The molecule has 2 atom stereocenters. The van der Waals surface area contributed by atoms with Gasteiger partial charge in [-0.2, -0.15) is 0 Å². The Morgan fingerprint density at radius 2 is 1.92 bits per heavy atom. The summed E-state index contributed by atoms with van der Waals surface area (Å²) in [5.74, 6) is -1.12. The highest BCUT2D eigenvalue weighted by Gasteiger charge is 2.48. The summed E-state index contributed by atoms with van der Waals surface area (Å²) in [5.41, 5.74) is 3.08. The van der Waals surface area contributed by atoms with Crippen LogP contribution < -0.4 is 10.2 Å². The van der Waals surface area contributed by atoms with Gasteiger partial charge < -0.3 is 14.9 Å². The van der Waals surface area contributed by atoms with E-state index < -0.39 is 23.2 Å². The highest BCUT2D eigenvalue weighted by atomic mass is 35.5. The van der Waals surface area contributed by atoms with Crippen LogP contribution in [0.25, 0.3) is 0 Å². The minimum atomic E-state index is -0.862. The van der Waals surface area contributed by atoms with Crippen LogP contribution in [0.3, 0.4) is 0 Å². The quantitative estimate of drug-likeness (QED) is 0.570. The molecule has 0 bridgehead atoms. The molecule has 0 aromatic heterocycles. The summed E-state index contributed by atoms with van der Waals surface area (Å²) >= 11 is 6.10. The number of phenols is 2. The Hall–Kier alpha value is -2.93. The number of ether oxygens (including phenoxy) is 1. The topological polar surface area (TPSA) is 99.1 Å². The lowest BCUT2D eigenvalue weighted by Gasteiger charge is -2.44. The van der Waals surface area contributed by atoms with Gasteiger partial charge in [0.1, 0.15) is 17.2 Å². The first-order valence-electron chi connectivity index (χ1n) is 7.37. The largest absolute Gasteiger partial charge is 0.507 e. The van der Waals surface area contributed by atoms with E-state index >= 15 is 0 Å². The third-order valence-corrected chi connectivity index (χ3v) is 4.37. The molecule has 8 heteroatoms. The third kappa shape index (κ3) is 2.94. The maximum absolute atomic E-state index is 12.3. The number of methoxy groups -OCH3 is 1. The number of rotatable bonds is 4. The van der Waals surface area contributed by atoms with Crippen LogP contribution in [0.5, 0.6) is 17.2 Å². The zero-order valence-corrected chi connectivity index (χ0v) is 13.9. The summed E-state index contributed by atoms with van der Waals surface area (Å²) in [4.78, 5) is 24.4. The molecule has 25 heavy (non-hydrogen) atoms. The molecule has 1 aliphatic heterocycles. The van der Waals surface area contributed by atoms with E-state index in [0.717, 1.165) is 5.01 Å². The standard InChI is InChI=1S/C17H15ClN2O5/c1-25-13-8-9(6-7-12(13)22)15-14(18)17(24)20(15)19-16(23)10-4-2-3-5-11(10)21/h2-8,14-15,21-22H,1H3,(H,19,23)/t14-,15+/m1/s1. The second-order valence-electron chi connectivity index (χ2n) is 5.44. The molecule has 0 unspecified atom stereocenters. The van der Waals surface area contributed by atoms with E-state index in [0.29, 0.717) is 5.56 Å². The molecule has 1 fully saturated rings. The van der Waals surface area contributed by atoms with Gasteiger partial charge in [0.15, 0.2) is 11.5 Å². The van der Waals surface area contributed by atoms with E-state index in [4.69, 9.17) is 16.3 Å². The number of hydrogen-bond acceptors (Lipinski definition) is 5. The zero-order valence-electron chi connectivity index (χ0n) is 13.1. The van der Waals surface area contributed by atoms with Crippen LogP contribution in [0.1, 0.15) is 22.0 Å². The van der Waals surface area contributed by atoms with Crippen molar-refractivity contribution in [3.05, 3.63) is 53.6 Å². The number of phenolic OH excluding ortho intramolecular Hbond substituents is 2. The number of hydrogen-bond donors (Lipinski definition) is 3. The van der Waals surface area contributed by atoms with Crippen LogP contribution in [-0.4, -0.2) is 39.5 Å². The number of aromatic hydroxyl groups is 2. The molecule has 3 N–H and O–H groups in total. The van der Waals surface area contributed by atoms with Crippen molar-refractivity contribution in [2.45, 2.75) is 11.4 Å². The number of alkyl halides is 1. The Labute approximate surface area is 148 Å². The van der Waals surface area contributed by atoms with Crippen molar-refractivity contribution in [2.75, 3.05) is 7.11 Å². The van der Waals surface area contributed by atoms with Gasteiger partial charge in [-0.15, -0.1) is 11.6 Å². The van der Waals surface area contributed by atoms with Gasteiger partial charge >= 0.3 is 0 Å². The van der Waals surface area contributed by atoms with Crippen molar-refractivity contribution in [3.8, 4) is 17.2 Å². The average Bonchev–Trinajstić information content (AvgIpc) is 2.62. The lowest BCUT2D eigenvalue weighted by molar-refractivity contribution is -0.149. The number of benzene rings is 2. The number of hydrazine groups is 1. The Morgan fingerprint density at radius 3 is 2.60 bits per heavy atom. The highest BCUT2D eigenvalue weighted by molar-refractivity contribution is 6.33. The minimum Gasteiger partial charge on any atom is -0.507 e. The van der Waals surface area contributed by atoms with Crippen LogP contribution >= 0.6 is 11.6 Å². The van der Waals surface area contributed by atoms with E-state index in [1.54, 1.807) is 24.3 Å². The van der Waals surface area contributed by atoms with Crippen molar-refractivity contribution >= 4 is 23.4 Å². The fourth-order valence-electron chi connectivity index (χ4n) is 2.61. The third-order valence-electron chi connectivity index (χ3n) is 3.94. The summed E-state index contributed by atoms with van der Waals surface area (Å²) < 4.78 is 5.05. The molecule has 0 radical (unpaired) electrons. The number of nitrogens with one attached hydrogen (secondary N) is 1. The van der Waals surface area contributed by atoms with Crippen molar-refractivity contribution < 1.29 is 24.5 Å². The van der Waals surface area contributed by atoms with Crippen LogP contribution in [0.15, 0.2) is 42.5 Å². The van der Waals surface area contributed by atoms with Gasteiger partial charge in [-0.05, 0) is 29.8 Å². The van der Waals surface area contributed by atoms with Crippen molar-refractivity contribution in [1.29, 1.82) is 0 Å². The summed E-state index contributed by atoms with van der Waals surface area (Å²) in [5, 5.41) is 19.7. The summed E-state index contributed by atoms with van der Waals surface area (Å²) in [6, 6.07) is 9.91. The number of halogens is 1. The Morgan fingerprint density at radius 1 is 1.20 bits per heavy atom. The van der Waals surface area contributed by atoms with Gasteiger partial charge in [-0.1, -0.05) is 18.2 Å². The van der Waals surface area contributed by atoms with Gasteiger partial charge in [-0.25, -0.2) is 5.01 Å². The number of carbonyl (C=O) groups excluding carboxylic acids is 2. The SMILES string of the molecule is COc1cc([C@H]2[C@@H](Cl)C(=O)N2NC(=O)c2ccccc2O)ccc1O. The summed E-state index contributed by atoms with van der Waals surface area (Å²) in [6.45, 7) is 0. The molecule has 2 aromatic carbocycles. The number of para-hydroxylation sites is 1. The second kappa shape index (κ2) is 6.52. The second-order valence-corrected chi connectivity index (χ2v) is 5.91. The van der Waals surface area contributed by atoms with E-state index in [1.807, 2.05) is 0 Å². The predicted molar refractivity (Wildman–Crippen MR) is 89.5 cm³/mol.